The molecule has 5 heteroatoms. The van der Waals surface area contributed by atoms with Crippen LogP contribution in [-0.2, 0) is 6.54 Å². The van der Waals surface area contributed by atoms with Gasteiger partial charge in [-0.25, -0.2) is 4.39 Å². The summed E-state index contributed by atoms with van der Waals surface area (Å²) in [5, 5.41) is 5.15. The van der Waals surface area contributed by atoms with Gasteiger partial charge >= 0.3 is 0 Å². The molecule has 0 atom stereocenters. The van der Waals surface area contributed by atoms with Gasteiger partial charge in [-0.3, -0.25) is 9.67 Å². The van der Waals surface area contributed by atoms with E-state index in [0.717, 1.165) is 34.9 Å². The van der Waals surface area contributed by atoms with Crippen molar-refractivity contribution in [2.45, 2.75) is 32.7 Å². The Labute approximate surface area is 107 Å². The van der Waals surface area contributed by atoms with Crippen LogP contribution in [0.1, 0.15) is 26.2 Å². The van der Waals surface area contributed by atoms with Crippen LogP contribution in [0.25, 0.3) is 10.9 Å². The summed E-state index contributed by atoms with van der Waals surface area (Å²) in [6.07, 6.45) is 6.25. The average molecular weight is 333 g/mol. The first kappa shape index (κ1) is 11.8. The van der Waals surface area contributed by atoms with Gasteiger partial charge in [0.15, 0.2) is 5.82 Å². The summed E-state index contributed by atoms with van der Waals surface area (Å²) in [6.45, 7) is 2.92. The Morgan fingerprint density at radius 3 is 2.94 bits per heavy atom. The van der Waals surface area contributed by atoms with Crippen molar-refractivity contribution < 1.29 is 4.39 Å². The predicted octanol–water partition coefficient (Wildman–Crippen LogP) is 3.37. The zero-order valence-corrected chi connectivity index (χ0v) is 11.2. The Morgan fingerprint density at radius 2 is 2.19 bits per heavy atom. The first-order chi connectivity index (χ1) is 7.74. The third-order valence-corrected chi connectivity index (χ3v) is 3.33. The number of hydrogen-bond donors (Lipinski definition) is 0. The van der Waals surface area contributed by atoms with Crippen molar-refractivity contribution in [1.29, 1.82) is 0 Å². The molecule has 0 radical (unpaired) electrons. The molecule has 2 aromatic heterocycles. The second kappa shape index (κ2) is 5.07. The number of fused-ring (bicyclic) bond motifs is 1. The topological polar surface area (TPSA) is 30.7 Å². The molecule has 0 spiro atoms. The van der Waals surface area contributed by atoms with Crippen molar-refractivity contribution in [2.24, 2.45) is 0 Å². The van der Waals surface area contributed by atoms with E-state index < -0.39 is 0 Å². The van der Waals surface area contributed by atoms with E-state index in [9.17, 15) is 4.39 Å². The van der Waals surface area contributed by atoms with Gasteiger partial charge in [-0.2, -0.15) is 5.10 Å². The quantitative estimate of drug-likeness (QED) is 0.634. The van der Waals surface area contributed by atoms with Crippen molar-refractivity contribution >= 4 is 33.5 Å². The summed E-state index contributed by atoms with van der Waals surface area (Å²) < 4.78 is 16.2. The minimum Gasteiger partial charge on any atom is -0.261 e. The van der Waals surface area contributed by atoms with Crippen LogP contribution in [-0.4, -0.2) is 14.8 Å². The highest BCUT2D eigenvalue weighted by Gasteiger charge is 2.12. The molecular formula is C11H13FIN3. The van der Waals surface area contributed by atoms with Crippen LogP contribution in [0.2, 0.25) is 0 Å². The molecule has 16 heavy (non-hydrogen) atoms. The summed E-state index contributed by atoms with van der Waals surface area (Å²) >= 11 is 2.12. The minimum atomic E-state index is -0.288. The molecule has 0 amide bonds. The van der Waals surface area contributed by atoms with E-state index in [1.807, 2.05) is 0 Å². The number of aromatic nitrogens is 3. The lowest BCUT2D eigenvalue weighted by Crippen LogP contribution is -2.01. The van der Waals surface area contributed by atoms with E-state index in [2.05, 4.69) is 39.6 Å². The smallest absolute Gasteiger partial charge is 0.167 e. The molecule has 0 aromatic carbocycles. The Kier molecular flexibility index (Phi) is 3.73. The van der Waals surface area contributed by atoms with E-state index in [0.29, 0.717) is 5.52 Å². The molecule has 0 saturated heterocycles. The number of rotatable bonds is 4. The van der Waals surface area contributed by atoms with E-state index in [4.69, 9.17) is 0 Å². The molecular weight excluding hydrogens is 320 g/mol. The summed E-state index contributed by atoms with van der Waals surface area (Å²) in [6, 6.07) is 0. The van der Waals surface area contributed by atoms with Gasteiger partial charge in [-0.05, 0) is 29.0 Å². The van der Waals surface area contributed by atoms with Gasteiger partial charge in [0.25, 0.3) is 0 Å². The van der Waals surface area contributed by atoms with Crippen LogP contribution in [0.3, 0.4) is 0 Å². The molecule has 0 bridgehead atoms. The number of pyridine rings is 1. The molecule has 2 aromatic rings. The van der Waals surface area contributed by atoms with E-state index in [-0.39, 0.29) is 5.82 Å². The Morgan fingerprint density at radius 1 is 1.38 bits per heavy atom. The second-order valence-corrected chi connectivity index (χ2v) is 4.76. The van der Waals surface area contributed by atoms with Crippen molar-refractivity contribution in [3.8, 4) is 0 Å². The zero-order valence-electron chi connectivity index (χ0n) is 9.08. The van der Waals surface area contributed by atoms with E-state index in [1.165, 1.54) is 6.20 Å². The molecule has 3 nitrogen and oxygen atoms in total. The fourth-order valence-electron chi connectivity index (χ4n) is 1.72. The van der Waals surface area contributed by atoms with Crippen LogP contribution < -0.4 is 0 Å². The molecule has 2 rings (SSSR count). The maximum atomic E-state index is 13.6. The molecule has 0 unspecified atom stereocenters. The second-order valence-electron chi connectivity index (χ2n) is 3.74. The number of hydrogen-bond acceptors (Lipinski definition) is 2. The van der Waals surface area contributed by atoms with Crippen LogP contribution >= 0.6 is 22.6 Å². The van der Waals surface area contributed by atoms with Crippen molar-refractivity contribution in [3.05, 3.63) is 21.9 Å². The number of nitrogens with zero attached hydrogens (tertiary/aromatic N) is 3. The van der Waals surface area contributed by atoms with Gasteiger partial charge in [0.2, 0.25) is 0 Å². The molecule has 2 heterocycles. The highest BCUT2D eigenvalue weighted by molar-refractivity contribution is 14.1. The van der Waals surface area contributed by atoms with E-state index in [1.54, 1.807) is 10.9 Å². The van der Waals surface area contributed by atoms with Crippen molar-refractivity contribution in [3.63, 3.8) is 0 Å². The standard InChI is InChI=1S/C11H13FIN3/c1-2-3-4-5-16-10-8(11(13)15-16)6-14-7-9(10)12/h6-7H,2-5H2,1H3. The summed E-state index contributed by atoms with van der Waals surface area (Å²) in [7, 11) is 0. The number of aryl methyl sites for hydroxylation is 1. The SMILES string of the molecule is CCCCCn1nc(I)c2cncc(F)c21. The first-order valence-corrected chi connectivity index (χ1v) is 6.47. The Bertz CT molecular complexity index is 495. The molecule has 0 aliphatic heterocycles. The lowest BCUT2D eigenvalue weighted by molar-refractivity contribution is 0.549. The van der Waals surface area contributed by atoms with Gasteiger partial charge in [0.1, 0.15) is 9.22 Å². The fourth-order valence-corrected chi connectivity index (χ4v) is 2.38. The Balaban J connectivity index is 2.37. The minimum absolute atomic E-state index is 0.288. The average Bonchev–Trinajstić information content (AvgIpc) is 2.58. The third-order valence-electron chi connectivity index (χ3n) is 2.54. The monoisotopic (exact) mass is 333 g/mol. The largest absolute Gasteiger partial charge is 0.261 e. The molecule has 0 aliphatic carbocycles. The van der Waals surface area contributed by atoms with Crippen LogP contribution in [0.15, 0.2) is 12.4 Å². The van der Waals surface area contributed by atoms with Crippen molar-refractivity contribution in [2.75, 3.05) is 0 Å². The van der Waals surface area contributed by atoms with E-state index >= 15 is 0 Å². The third kappa shape index (κ3) is 2.18. The lowest BCUT2D eigenvalue weighted by Gasteiger charge is -2.02. The lowest BCUT2D eigenvalue weighted by atomic mass is 10.2. The molecule has 0 N–H and O–H groups in total. The first-order valence-electron chi connectivity index (χ1n) is 5.39. The highest BCUT2D eigenvalue weighted by Crippen LogP contribution is 2.22. The Hall–Kier alpha value is -0.720. The van der Waals surface area contributed by atoms with Crippen molar-refractivity contribution in [1.82, 2.24) is 14.8 Å². The maximum Gasteiger partial charge on any atom is 0.167 e. The van der Waals surface area contributed by atoms with Gasteiger partial charge in [0, 0.05) is 12.7 Å². The zero-order chi connectivity index (χ0) is 11.5. The fraction of sp³-hybridized carbons (Fsp3) is 0.455. The van der Waals surface area contributed by atoms with Crippen LogP contribution in [0, 0.1) is 9.52 Å². The number of unbranched alkanes of at least 4 members (excludes halogenated alkanes) is 2. The van der Waals surface area contributed by atoms with Gasteiger partial charge in [-0.15, -0.1) is 0 Å². The molecule has 0 aliphatic rings. The highest BCUT2D eigenvalue weighted by atomic mass is 127. The molecule has 86 valence electrons. The number of halogens is 2. The van der Waals surface area contributed by atoms with Crippen LogP contribution in [0.5, 0.6) is 0 Å². The summed E-state index contributed by atoms with van der Waals surface area (Å²) in [5.41, 5.74) is 0.579. The van der Waals surface area contributed by atoms with Gasteiger partial charge in [-0.1, -0.05) is 19.8 Å². The van der Waals surface area contributed by atoms with Gasteiger partial charge in [0.05, 0.1) is 11.6 Å². The normalized spacial score (nSPS) is 11.2. The van der Waals surface area contributed by atoms with Gasteiger partial charge < -0.3 is 0 Å². The molecule has 0 saturated carbocycles. The maximum absolute atomic E-state index is 13.6. The van der Waals surface area contributed by atoms with Crippen LogP contribution in [0.4, 0.5) is 4.39 Å². The predicted molar refractivity (Wildman–Crippen MR) is 69.7 cm³/mol. The summed E-state index contributed by atoms with van der Waals surface area (Å²) in [4.78, 5) is 3.85. The summed E-state index contributed by atoms with van der Waals surface area (Å²) in [5.74, 6) is -0.288. The molecule has 0 fully saturated rings.